The van der Waals surface area contributed by atoms with Crippen LogP contribution in [0.25, 0.3) is 11.4 Å². The van der Waals surface area contributed by atoms with Crippen molar-refractivity contribution >= 4 is 0 Å². The van der Waals surface area contributed by atoms with E-state index in [0.717, 1.165) is 11.7 Å². The van der Waals surface area contributed by atoms with Gasteiger partial charge in [0, 0.05) is 23.4 Å². The van der Waals surface area contributed by atoms with Gasteiger partial charge >= 0.3 is 0 Å². The minimum Gasteiger partial charge on any atom is -0.342 e. The normalized spacial score (nSPS) is 15.4. The lowest BCUT2D eigenvalue weighted by Crippen LogP contribution is -1.88. The fourth-order valence-electron chi connectivity index (χ4n) is 2.08. The van der Waals surface area contributed by atoms with Crippen molar-refractivity contribution in [3.8, 4) is 11.4 Å². The molecule has 0 spiro atoms. The van der Waals surface area contributed by atoms with E-state index >= 15 is 0 Å². The van der Waals surface area contributed by atoms with Gasteiger partial charge in [0.15, 0.2) is 0 Å². The molecule has 2 nitrogen and oxygen atoms in total. The van der Waals surface area contributed by atoms with Crippen molar-refractivity contribution < 1.29 is 0 Å². The van der Waals surface area contributed by atoms with Gasteiger partial charge < -0.3 is 4.98 Å². The number of H-pyrrole nitrogens is 1. The first-order chi connectivity index (χ1) is 7.75. The topological polar surface area (TPSA) is 28.7 Å². The number of imidazole rings is 1. The van der Waals surface area contributed by atoms with Gasteiger partial charge in [-0.1, -0.05) is 18.2 Å². The predicted octanol–water partition coefficient (Wildman–Crippen LogP) is 3.57. The van der Waals surface area contributed by atoms with Crippen molar-refractivity contribution in [2.24, 2.45) is 0 Å². The maximum atomic E-state index is 4.49. The van der Waals surface area contributed by atoms with Gasteiger partial charge in [0.1, 0.15) is 5.82 Å². The standard InChI is InChI=1S/C14H16N2/c1-9-4-3-5-12(10(9)2)14-15-8-13(16-14)11-6-7-11/h3-5,8,11H,6-7H2,1-2H3,(H,15,16). The van der Waals surface area contributed by atoms with Crippen LogP contribution in [0.1, 0.15) is 35.6 Å². The predicted molar refractivity (Wildman–Crippen MR) is 65.5 cm³/mol. The highest BCUT2D eigenvalue weighted by atomic mass is 14.9. The number of aromatic nitrogens is 2. The largest absolute Gasteiger partial charge is 0.342 e. The molecule has 0 atom stereocenters. The molecule has 0 bridgehead atoms. The third kappa shape index (κ3) is 1.54. The van der Waals surface area contributed by atoms with Gasteiger partial charge in [-0.05, 0) is 37.8 Å². The summed E-state index contributed by atoms with van der Waals surface area (Å²) in [7, 11) is 0. The molecule has 16 heavy (non-hydrogen) atoms. The van der Waals surface area contributed by atoms with Gasteiger partial charge in [-0.15, -0.1) is 0 Å². The summed E-state index contributed by atoms with van der Waals surface area (Å²) >= 11 is 0. The minimum atomic E-state index is 0.742. The molecule has 0 saturated heterocycles. The van der Waals surface area contributed by atoms with Crippen LogP contribution in [0.2, 0.25) is 0 Å². The molecule has 1 aliphatic rings. The lowest BCUT2D eigenvalue weighted by Gasteiger charge is -2.05. The number of hydrogen-bond acceptors (Lipinski definition) is 1. The lowest BCUT2D eigenvalue weighted by molar-refractivity contribution is 1.05. The molecule has 1 heterocycles. The average Bonchev–Trinajstić information content (AvgIpc) is 3.02. The van der Waals surface area contributed by atoms with Crippen LogP contribution in [0.3, 0.4) is 0 Å². The SMILES string of the molecule is Cc1cccc(-c2ncc(C3CC3)[nH]2)c1C. The molecular weight excluding hydrogens is 196 g/mol. The van der Waals surface area contributed by atoms with E-state index in [1.54, 1.807) is 0 Å². The lowest BCUT2D eigenvalue weighted by atomic mass is 10.0. The Morgan fingerprint density at radius 2 is 2.06 bits per heavy atom. The number of benzene rings is 1. The van der Waals surface area contributed by atoms with Gasteiger partial charge in [0.25, 0.3) is 0 Å². The third-order valence-electron chi connectivity index (χ3n) is 3.47. The Labute approximate surface area is 95.7 Å². The Morgan fingerprint density at radius 3 is 2.81 bits per heavy atom. The minimum absolute atomic E-state index is 0.742. The maximum Gasteiger partial charge on any atom is 0.137 e. The third-order valence-corrected chi connectivity index (χ3v) is 3.47. The van der Waals surface area contributed by atoms with Gasteiger partial charge in [0.2, 0.25) is 0 Å². The van der Waals surface area contributed by atoms with Crippen LogP contribution in [-0.2, 0) is 0 Å². The molecule has 0 aliphatic heterocycles. The second-order valence-electron chi connectivity index (χ2n) is 4.71. The molecule has 1 aromatic carbocycles. The molecule has 2 aromatic rings. The second-order valence-corrected chi connectivity index (χ2v) is 4.71. The van der Waals surface area contributed by atoms with Crippen LogP contribution in [0, 0.1) is 13.8 Å². The van der Waals surface area contributed by atoms with Gasteiger partial charge in [-0.25, -0.2) is 4.98 Å². The van der Waals surface area contributed by atoms with E-state index in [9.17, 15) is 0 Å². The highest BCUT2D eigenvalue weighted by Crippen LogP contribution is 2.39. The molecule has 1 fully saturated rings. The average molecular weight is 212 g/mol. The van der Waals surface area contributed by atoms with E-state index in [-0.39, 0.29) is 0 Å². The Kier molecular flexibility index (Phi) is 2.10. The molecule has 0 radical (unpaired) electrons. The van der Waals surface area contributed by atoms with E-state index in [4.69, 9.17) is 0 Å². The Balaban J connectivity index is 2.03. The molecule has 0 amide bonds. The summed E-state index contributed by atoms with van der Waals surface area (Å²) in [5.74, 6) is 1.76. The number of rotatable bonds is 2. The van der Waals surface area contributed by atoms with Crippen molar-refractivity contribution in [2.75, 3.05) is 0 Å². The molecule has 3 rings (SSSR count). The van der Waals surface area contributed by atoms with Crippen molar-refractivity contribution in [1.29, 1.82) is 0 Å². The molecule has 2 heteroatoms. The van der Waals surface area contributed by atoms with Crippen molar-refractivity contribution in [2.45, 2.75) is 32.6 Å². The zero-order valence-corrected chi connectivity index (χ0v) is 9.75. The van der Waals surface area contributed by atoms with Crippen molar-refractivity contribution in [3.05, 3.63) is 41.2 Å². The van der Waals surface area contributed by atoms with Gasteiger partial charge in [0.05, 0.1) is 0 Å². The zero-order valence-electron chi connectivity index (χ0n) is 9.75. The molecule has 1 aromatic heterocycles. The number of aryl methyl sites for hydroxylation is 1. The Morgan fingerprint density at radius 1 is 1.25 bits per heavy atom. The van der Waals surface area contributed by atoms with Gasteiger partial charge in [-0.3, -0.25) is 0 Å². The summed E-state index contributed by atoms with van der Waals surface area (Å²) in [6.45, 7) is 4.30. The molecular formula is C14H16N2. The van der Waals surface area contributed by atoms with Crippen LogP contribution in [-0.4, -0.2) is 9.97 Å². The number of nitrogens with one attached hydrogen (secondary N) is 1. The van der Waals surface area contributed by atoms with E-state index in [2.05, 4.69) is 42.0 Å². The molecule has 1 aliphatic carbocycles. The van der Waals surface area contributed by atoms with Crippen molar-refractivity contribution in [1.82, 2.24) is 9.97 Å². The highest BCUT2D eigenvalue weighted by Gasteiger charge is 2.25. The summed E-state index contributed by atoms with van der Waals surface area (Å²) in [6.07, 6.45) is 4.62. The monoisotopic (exact) mass is 212 g/mol. The summed E-state index contributed by atoms with van der Waals surface area (Å²) in [4.78, 5) is 7.94. The first-order valence-electron chi connectivity index (χ1n) is 5.87. The first-order valence-corrected chi connectivity index (χ1v) is 5.87. The quantitative estimate of drug-likeness (QED) is 0.810. The smallest absolute Gasteiger partial charge is 0.137 e. The van der Waals surface area contributed by atoms with Crippen molar-refractivity contribution in [3.63, 3.8) is 0 Å². The van der Waals surface area contributed by atoms with E-state index in [0.29, 0.717) is 0 Å². The molecule has 82 valence electrons. The fourth-order valence-corrected chi connectivity index (χ4v) is 2.08. The summed E-state index contributed by atoms with van der Waals surface area (Å²) in [5.41, 5.74) is 5.17. The van der Waals surface area contributed by atoms with E-state index in [1.807, 2.05) is 6.20 Å². The first kappa shape index (κ1) is 9.64. The number of nitrogens with zero attached hydrogens (tertiary/aromatic N) is 1. The van der Waals surface area contributed by atoms with E-state index < -0.39 is 0 Å². The highest BCUT2D eigenvalue weighted by molar-refractivity contribution is 5.62. The summed E-state index contributed by atoms with van der Waals surface area (Å²) < 4.78 is 0. The molecule has 0 unspecified atom stereocenters. The zero-order chi connectivity index (χ0) is 11.1. The number of aromatic amines is 1. The second kappa shape index (κ2) is 3.48. The summed E-state index contributed by atoms with van der Waals surface area (Å²) in [5, 5.41) is 0. The molecule has 1 N–H and O–H groups in total. The van der Waals surface area contributed by atoms with E-state index in [1.165, 1.54) is 35.2 Å². The fraction of sp³-hybridized carbons (Fsp3) is 0.357. The van der Waals surface area contributed by atoms with Crippen LogP contribution in [0.15, 0.2) is 24.4 Å². The Bertz CT molecular complexity index is 521. The Hall–Kier alpha value is -1.57. The summed E-state index contributed by atoms with van der Waals surface area (Å²) in [6, 6.07) is 6.37. The molecule has 1 saturated carbocycles. The van der Waals surface area contributed by atoms with Crippen LogP contribution < -0.4 is 0 Å². The maximum absolute atomic E-state index is 4.49. The van der Waals surface area contributed by atoms with Crippen LogP contribution in [0.4, 0.5) is 0 Å². The van der Waals surface area contributed by atoms with Crippen LogP contribution >= 0.6 is 0 Å². The van der Waals surface area contributed by atoms with Gasteiger partial charge in [-0.2, -0.15) is 0 Å². The number of hydrogen-bond donors (Lipinski definition) is 1. The van der Waals surface area contributed by atoms with Crippen LogP contribution in [0.5, 0.6) is 0 Å².